The molecule has 0 N–H and O–H groups in total. The van der Waals surface area contributed by atoms with Crippen molar-refractivity contribution in [2.24, 2.45) is 0 Å². The van der Waals surface area contributed by atoms with Crippen LogP contribution in [-0.4, -0.2) is 11.2 Å². The van der Waals surface area contributed by atoms with Crippen molar-refractivity contribution in [3.63, 3.8) is 0 Å². The van der Waals surface area contributed by atoms with E-state index in [2.05, 4.69) is 6.92 Å². The van der Waals surface area contributed by atoms with Gasteiger partial charge in [0.1, 0.15) is 0 Å². The topological polar surface area (TPSA) is 17.1 Å². The number of carbonyl (C=O) groups is 1. The Morgan fingerprint density at radius 2 is 1.82 bits per heavy atom. The van der Waals surface area contributed by atoms with Crippen LogP contribution in [0.25, 0.3) is 0 Å². The maximum atomic E-state index is 11.8. The Hall–Kier alpha value is -0.820. The molecule has 0 saturated carbocycles. The van der Waals surface area contributed by atoms with Gasteiger partial charge in [-0.25, -0.2) is 0 Å². The Morgan fingerprint density at radius 1 is 1.18 bits per heavy atom. The van der Waals surface area contributed by atoms with Crippen molar-refractivity contribution in [1.82, 2.24) is 0 Å². The van der Waals surface area contributed by atoms with Gasteiger partial charge < -0.3 is 0 Å². The third-order valence-electron chi connectivity index (χ3n) is 2.95. The lowest BCUT2D eigenvalue weighted by Crippen LogP contribution is -2.13. The molecule has 0 spiro atoms. The minimum atomic E-state index is -0.388. The first kappa shape index (κ1) is 14.2. The monoisotopic (exact) mass is 252 g/mol. The molecule has 17 heavy (non-hydrogen) atoms. The van der Waals surface area contributed by atoms with E-state index in [4.69, 9.17) is 11.6 Å². The number of unbranched alkanes of at least 4 members (excludes halogenated alkanes) is 2. The van der Waals surface area contributed by atoms with E-state index < -0.39 is 0 Å². The van der Waals surface area contributed by atoms with Crippen molar-refractivity contribution in [1.29, 1.82) is 0 Å². The van der Waals surface area contributed by atoms with Crippen LogP contribution in [0, 0.1) is 0 Å². The van der Waals surface area contributed by atoms with Crippen LogP contribution in [0.15, 0.2) is 24.3 Å². The average molecular weight is 253 g/mol. The molecule has 0 aromatic heterocycles. The molecule has 94 valence electrons. The smallest absolute Gasteiger partial charge is 0.180 e. The predicted molar refractivity (Wildman–Crippen MR) is 73.9 cm³/mol. The van der Waals surface area contributed by atoms with Crippen LogP contribution < -0.4 is 0 Å². The maximum Gasteiger partial charge on any atom is 0.180 e. The third-order valence-corrected chi connectivity index (χ3v) is 3.46. The summed E-state index contributed by atoms with van der Waals surface area (Å²) in [7, 11) is 0. The van der Waals surface area contributed by atoms with Crippen LogP contribution >= 0.6 is 11.6 Å². The van der Waals surface area contributed by atoms with Gasteiger partial charge in [-0.2, -0.15) is 0 Å². The molecule has 0 bridgehead atoms. The highest BCUT2D eigenvalue weighted by atomic mass is 35.5. The van der Waals surface area contributed by atoms with Gasteiger partial charge in [0.05, 0.1) is 5.38 Å². The number of alkyl halides is 1. The van der Waals surface area contributed by atoms with Crippen molar-refractivity contribution >= 4 is 17.4 Å². The van der Waals surface area contributed by atoms with E-state index in [-0.39, 0.29) is 11.2 Å². The summed E-state index contributed by atoms with van der Waals surface area (Å²) in [6, 6.07) is 7.88. The van der Waals surface area contributed by atoms with Crippen molar-refractivity contribution < 1.29 is 4.79 Å². The zero-order valence-electron chi connectivity index (χ0n) is 10.7. The SMILES string of the molecule is CCCCCc1ccc(C(=O)C(Cl)CC)cc1. The Labute approximate surface area is 109 Å². The Kier molecular flexibility index (Phi) is 6.28. The lowest BCUT2D eigenvalue weighted by atomic mass is 10.0. The lowest BCUT2D eigenvalue weighted by Gasteiger charge is -2.06. The fourth-order valence-corrected chi connectivity index (χ4v) is 1.91. The van der Waals surface area contributed by atoms with Crippen LogP contribution in [0.5, 0.6) is 0 Å². The molecule has 0 heterocycles. The summed E-state index contributed by atoms with van der Waals surface area (Å²) < 4.78 is 0. The summed E-state index contributed by atoms with van der Waals surface area (Å²) in [4.78, 5) is 11.8. The molecule has 0 amide bonds. The first-order valence-corrected chi connectivity index (χ1v) is 6.89. The number of aryl methyl sites for hydroxylation is 1. The number of rotatable bonds is 7. The molecular weight excluding hydrogens is 232 g/mol. The highest BCUT2D eigenvalue weighted by Crippen LogP contribution is 2.14. The molecule has 0 radical (unpaired) electrons. The van der Waals surface area contributed by atoms with E-state index in [1.54, 1.807) is 0 Å². The number of halogens is 1. The van der Waals surface area contributed by atoms with E-state index in [0.717, 1.165) is 12.0 Å². The summed E-state index contributed by atoms with van der Waals surface area (Å²) in [5, 5.41) is -0.388. The van der Waals surface area contributed by atoms with Crippen molar-refractivity contribution in [3.8, 4) is 0 Å². The van der Waals surface area contributed by atoms with Gasteiger partial charge in [0.15, 0.2) is 5.78 Å². The maximum absolute atomic E-state index is 11.8. The number of ketones is 1. The van der Waals surface area contributed by atoms with Crippen molar-refractivity contribution in [2.45, 2.75) is 51.3 Å². The van der Waals surface area contributed by atoms with Crippen LogP contribution in [0.4, 0.5) is 0 Å². The molecule has 0 aliphatic heterocycles. The highest BCUT2D eigenvalue weighted by Gasteiger charge is 2.14. The predicted octanol–water partition coefficient (Wildman–Crippen LogP) is 4.62. The van der Waals surface area contributed by atoms with Crippen LogP contribution in [0.3, 0.4) is 0 Å². The van der Waals surface area contributed by atoms with Crippen molar-refractivity contribution in [2.75, 3.05) is 0 Å². The standard InChI is InChI=1S/C15H21ClO/c1-3-5-6-7-12-8-10-13(11-9-12)15(17)14(16)4-2/h8-11,14H,3-7H2,1-2H3. The van der Waals surface area contributed by atoms with Crippen LogP contribution in [0.1, 0.15) is 55.5 Å². The van der Waals surface area contributed by atoms with Crippen LogP contribution in [-0.2, 0) is 6.42 Å². The molecule has 0 aliphatic rings. The largest absolute Gasteiger partial charge is 0.293 e. The molecule has 0 fully saturated rings. The quantitative estimate of drug-likeness (QED) is 0.393. The molecule has 1 atom stereocenters. The summed E-state index contributed by atoms with van der Waals surface area (Å²) in [5.74, 6) is 0.0364. The molecule has 2 heteroatoms. The molecular formula is C15H21ClO. The Bertz CT molecular complexity index is 342. The second-order valence-electron chi connectivity index (χ2n) is 4.39. The number of Topliss-reactive ketones (excluding diaryl/α,β-unsaturated/α-hetero) is 1. The van der Waals surface area contributed by atoms with E-state index in [9.17, 15) is 4.79 Å². The number of hydrogen-bond donors (Lipinski definition) is 0. The van der Waals surface area contributed by atoms with Gasteiger partial charge in [-0.15, -0.1) is 11.6 Å². The molecule has 1 unspecified atom stereocenters. The molecule has 0 saturated heterocycles. The molecule has 0 aliphatic carbocycles. The fourth-order valence-electron chi connectivity index (χ4n) is 1.78. The Balaban J connectivity index is 2.58. The van der Waals surface area contributed by atoms with Gasteiger partial charge in [0, 0.05) is 5.56 Å². The van der Waals surface area contributed by atoms with Crippen LogP contribution in [0.2, 0.25) is 0 Å². The third kappa shape index (κ3) is 4.51. The van der Waals surface area contributed by atoms with Gasteiger partial charge in [0.2, 0.25) is 0 Å². The second-order valence-corrected chi connectivity index (χ2v) is 4.92. The first-order valence-electron chi connectivity index (χ1n) is 6.46. The van der Waals surface area contributed by atoms with Gasteiger partial charge in [-0.1, -0.05) is 51.0 Å². The average Bonchev–Trinajstić information content (AvgIpc) is 2.38. The zero-order valence-corrected chi connectivity index (χ0v) is 11.5. The minimum absolute atomic E-state index is 0.0364. The number of benzene rings is 1. The van der Waals surface area contributed by atoms with Gasteiger partial charge in [0.25, 0.3) is 0 Å². The summed E-state index contributed by atoms with van der Waals surface area (Å²) in [6.45, 7) is 4.13. The first-order chi connectivity index (χ1) is 8.19. The summed E-state index contributed by atoms with van der Waals surface area (Å²) in [6.07, 6.45) is 5.50. The lowest BCUT2D eigenvalue weighted by molar-refractivity contribution is 0.0985. The Morgan fingerprint density at radius 3 is 2.35 bits per heavy atom. The minimum Gasteiger partial charge on any atom is -0.293 e. The van der Waals surface area contributed by atoms with Crippen molar-refractivity contribution in [3.05, 3.63) is 35.4 Å². The molecule has 1 nitrogen and oxygen atoms in total. The fraction of sp³-hybridized carbons (Fsp3) is 0.533. The van der Waals surface area contributed by atoms with E-state index in [0.29, 0.717) is 6.42 Å². The zero-order chi connectivity index (χ0) is 12.7. The van der Waals surface area contributed by atoms with Gasteiger partial charge in [-0.3, -0.25) is 4.79 Å². The van der Waals surface area contributed by atoms with E-state index in [1.807, 2.05) is 31.2 Å². The molecule has 1 rings (SSSR count). The van der Waals surface area contributed by atoms with E-state index in [1.165, 1.54) is 24.8 Å². The highest BCUT2D eigenvalue weighted by molar-refractivity contribution is 6.33. The normalized spacial score (nSPS) is 12.4. The summed E-state index contributed by atoms with van der Waals surface area (Å²) in [5.41, 5.74) is 2.03. The molecule has 1 aromatic carbocycles. The van der Waals surface area contributed by atoms with Gasteiger partial charge in [-0.05, 0) is 24.8 Å². The number of carbonyl (C=O) groups excluding carboxylic acids is 1. The van der Waals surface area contributed by atoms with E-state index >= 15 is 0 Å². The number of hydrogen-bond acceptors (Lipinski definition) is 1. The molecule has 1 aromatic rings. The summed E-state index contributed by atoms with van der Waals surface area (Å²) >= 11 is 5.94. The second kappa shape index (κ2) is 7.50. The van der Waals surface area contributed by atoms with Gasteiger partial charge >= 0.3 is 0 Å².